The lowest BCUT2D eigenvalue weighted by Crippen LogP contribution is -2.60. The fraction of sp³-hybridized carbons (Fsp3) is 0.636. The van der Waals surface area contributed by atoms with Crippen molar-refractivity contribution in [1.29, 1.82) is 0 Å². The van der Waals surface area contributed by atoms with E-state index in [4.69, 9.17) is 9.47 Å². The molecule has 29 heavy (non-hydrogen) atoms. The zero-order valence-electron chi connectivity index (χ0n) is 17.8. The molecule has 3 rings (SSSR count). The summed E-state index contributed by atoms with van der Waals surface area (Å²) < 4.78 is 11.2. The number of hydrogen-bond donors (Lipinski definition) is 1. The Hall–Kier alpha value is -2.28. The van der Waals surface area contributed by atoms with Gasteiger partial charge in [-0.15, -0.1) is 0 Å². The van der Waals surface area contributed by atoms with Gasteiger partial charge in [0.05, 0.1) is 5.54 Å². The molecule has 7 nitrogen and oxygen atoms in total. The number of carbonyl (C=O) groups is 2. The summed E-state index contributed by atoms with van der Waals surface area (Å²) in [5, 5.41) is 3.58. The minimum atomic E-state index is -0.551. The van der Waals surface area contributed by atoms with Crippen molar-refractivity contribution in [2.45, 2.75) is 57.8 Å². The van der Waals surface area contributed by atoms with Crippen molar-refractivity contribution in [3.05, 3.63) is 35.9 Å². The summed E-state index contributed by atoms with van der Waals surface area (Å²) in [6.45, 7) is 8.64. The summed E-state index contributed by atoms with van der Waals surface area (Å²) in [6.07, 6.45) is 2.42. The third-order valence-electron chi connectivity index (χ3n) is 5.32. The number of nitrogens with zero attached hydrogens (tertiary/aromatic N) is 2. The van der Waals surface area contributed by atoms with Gasteiger partial charge in [-0.3, -0.25) is 0 Å². The highest BCUT2D eigenvalue weighted by Crippen LogP contribution is 2.26. The summed E-state index contributed by atoms with van der Waals surface area (Å²) in [5.74, 6) is 0. The molecule has 1 aromatic rings. The van der Waals surface area contributed by atoms with Crippen LogP contribution in [0.25, 0.3) is 0 Å². The molecule has 0 aliphatic carbocycles. The Balaban J connectivity index is 1.69. The van der Waals surface area contributed by atoms with Crippen LogP contribution in [0.2, 0.25) is 0 Å². The molecule has 1 spiro atoms. The van der Waals surface area contributed by atoms with Crippen molar-refractivity contribution in [3.63, 3.8) is 0 Å². The van der Waals surface area contributed by atoms with Gasteiger partial charge in [0.15, 0.2) is 0 Å². The molecular weight excluding hydrogens is 370 g/mol. The first-order valence-electron chi connectivity index (χ1n) is 10.4. The van der Waals surface area contributed by atoms with E-state index in [0.717, 1.165) is 31.4 Å². The third kappa shape index (κ3) is 6.10. The molecule has 2 heterocycles. The van der Waals surface area contributed by atoms with Gasteiger partial charge in [-0.1, -0.05) is 36.8 Å². The number of nitrogens with one attached hydrogen (secondary N) is 1. The Morgan fingerprint density at radius 2 is 1.69 bits per heavy atom. The molecule has 160 valence electrons. The number of carbonyl (C=O) groups excluding carboxylic acids is 2. The molecule has 0 bridgehead atoms. The highest BCUT2D eigenvalue weighted by atomic mass is 16.6. The standard InChI is InChI=1S/C22H33N3O4/c1-21(2,3)29-20(27)25-14-13-24(16-22(17-25)11-7-8-12-23-22)19(26)28-15-18-9-5-4-6-10-18/h4-6,9-10,23H,7-8,11-17H2,1-3H3. The molecule has 0 saturated carbocycles. The van der Waals surface area contributed by atoms with Gasteiger partial charge in [-0.2, -0.15) is 0 Å². The second-order valence-electron chi connectivity index (χ2n) is 9.03. The Labute approximate surface area is 173 Å². The van der Waals surface area contributed by atoms with Crippen LogP contribution in [-0.4, -0.2) is 65.9 Å². The largest absolute Gasteiger partial charge is 0.445 e. The third-order valence-corrected chi connectivity index (χ3v) is 5.32. The predicted octanol–water partition coefficient (Wildman–Crippen LogP) is 3.39. The van der Waals surface area contributed by atoms with Crippen LogP contribution in [0, 0.1) is 0 Å². The van der Waals surface area contributed by atoms with E-state index in [0.29, 0.717) is 26.2 Å². The van der Waals surface area contributed by atoms with Crippen molar-refractivity contribution >= 4 is 12.2 Å². The quantitative estimate of drug-likeness (QED) is 0.820. The summed E-state index contributed by atoms with van der Waals surface area (Å²) in [4.78, 5) is 29.0. The van der Waals surface area contributed by atoms with Gasteiger partial charge in [0.25, 0.3) is 0 Å². The topological polar surface area (TPSA) is 71.1 Å². The van der Waals surface area contributed by atoms with Crippen LogP contribution in [0.15, 0.2) is 30.3 Å². The smallest absolute Gasteiger partial charge is 0.410 e. The van der Waals surface area contributed by atoms with Gasteiger partial charge < -0.3 is 24.6 Å². The maximum atomic E-state index is 12.8. The second-order valence-corrected chi connectivity index (χ2v) is 9.03. The maximum Gasteiger partial charge on any atom is 0.410 e. The van der Waals surface area contributed by atoms with E-state index < -0.39 is 5.60 Å². The van der Waals surface area contributed by atoms with E-state index in [1.165, 1.54) is 0 Å². The van der Waals surface area contributed by atoms with Crippen LogP contribution < -0.4 is 5.32 Å². The fourth-order valence-electron chi connectivity index (χ4n) is 3.93. The van der Waals surface area contributed by atoms with Crippen molar-refractivity contribution in [3.8, 4) is 0 Å². The number of amides is 2. The van der Waals surface area contributed by atoms with Gasteiger partial charge in [-0.05, 0) is 45.7 Å². The molecule has 2 saturated heterocycles. The molecule has 1 atom stereocenters. The number of benzene rings is 1. The van der Waals surface area contributed by atoms with E-state index in [9.17, 15) is 9.59 Å². The Morgan fingerprint density at radius 1 is 1.03 bits per heavy atom. The second kappa shape index (κ2) is 9.03. The number of piperidine rings is 1. The molecule has 2 amide bonds. The number of rotatable bonds is 2. The highest BCUT2D eigenvalue weighted by molar-refractivity contribution is 5.70. The molecule has 2 fully saturated rings. The normalized spacial score (nSPS) is 22.9. The number of hydrogen-bond acceptors (Lipinski definition) is 5. The molecule has 2 aliphatic heterocycles. The van der Waals surface area contributed by atoms with Crippen LogP contribution in [0.5, 0.6) is 0 Å². The number of ether oxygens (including phenoxy) is 2. The summed E-state index contributed by atoms with van der Waals surface area (Å²) in [7, 11) is 0. The van der Waals surface area contributed by atoms with Crippen molar-refractivity contribution in [1.82, 2.24) is 15.1 Å². The van der Waals surface area contributed by atoms with Crippen molar-refractivity contribution in [2.24, 2.45) is 0 Å². The van der Waals surface area contributed by atoms with E-state index in [-0.39, 0.29) is 24.3 Å². The average Bonchev–Trinajstić information content (AvgIpc) is 2.86. The monoisotopic (exact) mass is 403 g/mol. The molecule has 2 aliphatic rings. The van der Waals surface area contributed by atoms with Gasteiger partial charge in [0, 0.05) is 26.2 Å². The molecule has 1 N–H and O–H groups in total. The van der Waals surface area contributed by atoms with E-state index in [1.807, 2.05) is 51.1 Å². The first kappa shape index (κ1) is 21.4. The minimum absolute atomic E-state index is 0.242. The van der Waals surface area contributed by atoms with Crippen LogP contribution in [0.3, 0.4) is 0 Å². The molecule has 0 radical (unpaired) electrons. The van der Waals surface area contributed by atoms with E-state index >= 15 is 0 Å². The lowest BCUT2D eigenvalue weighted by molar-refractivity contribution is 0.0205. The summed E-state index contributed by atoms with van der Waals surface area (Å²) >= 11 is 0. The Kier molecular flexibility index (Phi) is 6.67. The Morgan fingerprint density at radius 3 is 2.28 bits per heavy atom. The fourth-order valence-corrected chi connectivity index (χ4v) is 3.93. The van der Waals surface area contributed by atoms with Gasteiger partial charge in [0.2, 0.25) is 0 Å². The van der Waals surface area contributed by atoms with Gasteiger partial charge in [-0.25, -0.2) is 9.59 Å². The first-order valence-corrected chi connectivity index (χ1v) is 10.4. The molecule has 0 aromatic heterocycles. The zero-order valence-corrected chi connectivity index (χ0v) is 17.8. The first-order chi connectivity index (χ1) is 13.8. The van der Waals surface area contributed by atoms with Crippen LogP contribution >= 0.6 is 0 Å². The van der Waals surface area contributed by atoms with E-state index in [1.54, 1.807) is 9.80 Å². The van der Waals surface area contributed by atoms with Crippen molar-refractivity contribution in [2.75, 3.05) is 32.7 Å². The average molecular weight is 404 g/mol. The lowest BCUT2D eigenvalue weighted by atomic mass is 9.88. The van der Waals surface area contributed by atoms with E-state index in [2.05, 4.69) is 5.32 Å². The van der Waals surface area contributed by atoms with Gasteiger partial charge in [0.1, 0.15) is 12.2 Å². The molecule has 1 unspecified atom stereocenters. The highest BCUT2D eigenvalue weighted by Gasteiger charge is 2.41. The Bertz CT molecular complexity index is 696. The zero-order chi connectivity index (χ0) is 20.9. The predicted molar refractivity (Wildman–Crippen MR) is 111 cm³/mol. The van der Waals surface area contributed by atoms with Crippen LogP contribution in [0.1, 0.15) is 45.6 Å². The summed E-state index contributed by atoms with van der Waals surface area (Å²) in [6, 6.07) is 9.65. The molecule has 7 heteroatoms. The SMILES string of the molecule is CC(C)(C)OC(=O)N1CCN(C(=O)OCc2ccccc2)CC2(CCCCN2)C1. The summed E-state index contributed by atoms with van der Waals surface area (Å²) in [5.41, 5.74) is 0.0824. The lowest BCUT2D eigenvalue weighted by Gasteiger charge is -2.41. The van der Waals surface area contributed by atoms with Crippen LogP contribution in [0.4, 0.5) is 9.59 Å². The maximum absolute atomic E-state index is 12.8. The molecular formula is C22H33N3O4. The van der Waals surface area contributed by atoms with Crippen LogP contribution in [-0.2, 0) is 16.1 Å². The molecule has 1 aromatic carbocycles. The van der Waals surface area contributed by atoms with Crippen molar-refractivity contribution < 1.29 is 19.1 Å². The minimum Gasteiger partial charge on any atom is -0.445 e. The van der Waals surface area contributed by atoms with Gasteiger partial charge >= 0.3 is 12.2 Å².